The van der Waals surface area contributed by atoms with E-state index in [0.717, 1.165) is 43.1 Å². The minimum absolute atomic E-state index is 0.667. The molecule has 2 aromatic carbocycles. The monoisotopic (exact) mass is 567 g/mol. The number of allylic oxidation sites excluding steroid dienone is 5. The second-order valence-electron chi connectivity index (χ2n) is 10.5. The summed E-state index contributed by atoms with van der Waals surface area (Å²) < 4.78 is 26.0. The quantitative estimate of drug-likeness (QED) is 0.204. The van der Waals surface area contributed by atoms with Gasteiger partial charge in [0.25, 0.3) is 6.08 Å². The highest BCUT2D eigenvalue weighted by atomic mass is 19.3. The molecule has 0 saturated carbocycles. The molecular formula is C37H55F2NO. The van der Waals surface area contributed by atoms with Crippen LogP contribution < -0.4 is 10.5 Å². The number of ether oxygens (including phenoxy) is 1. The van der Waals surface area contributed by atoms with Crippen molar-refractivity contribution >= 4 is 0 Å². The summed E-state index contributed by atoms with van der Waals surface area (Å²) in [5.41, 5.74) is 12.3. The first-order valence-electron chi connectivity index (χ1n) is 14.4. The lowest BCUT2D eigenvalue weighted by molar-refractivity contribution is 0.401. The molecule has 1 atom stereocenters. The summed E-state index contributed by atoms with van der Waals surface area (Å²) in [5.74, 6) is 2.53. The molecule has 2 aromatic rings. The Kier molecular flexibility index (Phi) is 23.7. The van der Waals surface area contributed by atoms with Gasteiger partial charge in [-0.25, -0.2) is 0 Å². The lowest BCUT2D eigenvalue weighted by Crippen LogP contribution is -1.98. The Morgan fingerprint density at radius 3 is 1.83 bits per heavy atom. The number of benzene rings is 2. The Bertz CT molecular complexity index is 1030. The molecule has 0 fully saturated rings. The van der Waals surface area contributed by atoms with Crippen LogP contribution in [0.15, 0.2) is 115 Å². The van der Waals surface area contributed by atoms with Crippen LogP contribution in [0.2, 0.25) is 0 Å². The van der Waals surface area contributed by atoms with Gasteiger partial charge in [0.1, 0.15) is 5.75 Å². The topological polar surface area (TPSA) is 35.2 Å². The lowest BCUT2D eigenvalue weighted by atomic mass is 9.96. The van der Waals surface area contributed by atoms with Gasteiger partial charge in [0.15, 0.2) is 0 Å². The first-order valence-corrected chi connectivity index (χ1v) is 14.4. The average Bonchev–Trinajstić information content (AvgIpc) is 2.88. The zero-order valence-corrected chi connectivity index (χ0v) is 26.8. The van der Waals surface area contributed by atoms with E-state index in [1.807, 2.05) is 12.1 Å². The highest BCUT2D eigenvalue weighted by Crippen LogP contribution is 2.23. The second kappa shape index (κ2) is 24.4. The molecule has 228 valence electrons. The summed E-state index contributed by atoms with van der Waals surface area (Å²) >= 11 is 0. The fraction of sp³-hybridized carbons (Fsp3) is 0.405. The van der Waals surface area contributed by atoms with Gasteiger partial charge in [-0.3, -0.25) is 0 Å². The summed E-state index contributed by atoms with van der Waals surface area (Å²) in [4.78, 5) is 0. The van der Waals surface area contributed by atoms with Gasteiger partial charge in [-0.1, -0.05) is 113 Å². The van der Waals surface area contributed by atoms with E-state index >= 15 is 0 Å². The molecule has 2 rings (SSSR count). The smallest absolute Gasteiger partial charge is 0.263 e. The van der Waals surface area contributed by atoms with Crippen molar-refractivity contribution in [2.75, 3.05) is 0 Å². The molecule has 41 heavy (non-hydrogen) atoms. The first kappa shape index (κ1) is 39.7. The van der Waals surface area contributed by atoms with Gasteiger partial charge < -0.3 is 10.5 Å². The Labute approximate surface area is 250 Å². The van der Waals surface area contributed by atoms with Crippen LogP contribution in [0.3, 0.4) is 0 Å². The predicted molar refractivity (Wildman–Crippen MR) is 177 cm³/mol. The number of nitrogens with two attached hydrogens (primary N) is 1. The SMILES string of the molecule is C=C(C)N.C=C(CCC/C(C(=C)C)=C(/C)CC)Oc1ccc(C)cc1.C=C(F)F.CCCC(C)Cc1ccccc1. The van der Waals surface area contributed by atoms with E-state index < -0.39 is 6.08 Å². The Balaban J connectivity index is 0. The molecule has 1 unspecified atom stereocenters. The largest absolute Gasteiger partial charge is 0.462 e. The van der Waals surface area contributed by atoms with E-state index in [-0.39, 0.29) is 0 Å². The van der Waals surface area contributed by atoms with Crippen molar-refractivity contribution in [3.63, 3.8) is 0 Å². The maximum Gasteiger partial charge on any atom is 0.263 e. The minimum Gasteiger partial charge on any atom is -0.462 e. The Hall–Kier alpha value is -3.40. The molecule has 4 heteroatoms. The molecule has 0 amide bonds. The number of hydrogen-bond acceptors (Lipinski definition) is 2. The van der Waals surface area contributed by atoms with Crippen molar-refractivity contribution in [2.24, 2.45) is 11.7 Å². The molecule has 0 bridgehead atoms. The third-order valence-corrected chi connectivity index (χ3v) is 5.93. The number of aryl methyl sites for hydroxylation is 1. The van der Waals surface area contributed by atoms with E-state index in [4.69, 9.17) is 10.5 Å². The molecule has 2 nitrogen and oxygen atoms in total. The molecule has 0 spiro atoms. The minimum atomic E-state index is -1.83. The molecule has 0 aliphatic rings. The summed E-state index contributed by atoms with van der Waals surface area (Å²) in [6, 6.07) is 18.8. The highest BCUT2D eigenvalue weighted by Gasteiger charge is 2.05. The van der Waals surface area contributed by atoms with Crippen molar-refractivity contribution < 1.29 is 13.5 Å². The van der Waals surface area contributed by atoms with Gasteiger partial charge in [-0.15, -0.1) is 0 Å². The van der Waals surface area contributed by atoms with Crippen LogP contribution in [0.4, 0.5) is 8.78 Å². The normalized spacial score (nSPS) is 11.0. The fourth-order valence-electron chi connectivity index (χ4n) is 3.90. The van der Waals surface area contributed by atoms with Crippen LogP contribution in [0.25, 0.3) is 0 Å². The van der Waals surface area contributed by atoms with Crippen LogP contribution in [-0.4, -0.2) is 0 Å². The van der Waals surface area contributed by atoms with Gasteiger partial charge in [0.05, 0.1) is 5.76 Å². The Morgan fingerprint density at radius 2 is 1.39 bits per heavy atom. The maximum atomic E-state index is 10.1. The summed E-state index contributed by atoms with van der Waals surface area (Å²) in [6.45, 7) is 28.5. The van der Waals surface area contributed by atoms with Gasteiger partial charge in [-0.05, 0) is 94.8 Å². The third-order valence-electron chi connectivity index (χ3n) is 5.93. The van der Waals surface area contributed by atoms with E-state index in [9.17, 15) is 8.78 Å². The van der Waals surface area contributed by atoms with Gasteiger partial charge >= 0.3 is 0 Å². The van der Waals surface area contributed by atoms with Crippen LogP contribution in [0, 0.1) is 12.8 Å². The number of hydrogen-bond donors (Lipinski definition) is 1. The molecular weight excluding hydrogens is 512 g/mol. The molecule has 2 N–H and O–H groups in total. The zero-order chi connectivity index (χ0) is 31.8. The van der Waals surface area contributed by atoms with Crippen molar-refractivity contribution in [3.05, 3.63) is 126 Å². The van der Waals surface area contributed by atoms with Crippen LogP contribution in [0.5, 0.6) is 5.75 Å². The van der Waals surface area contributed by atoms with Crippen LogP contribution in [-0.2, 0) is 6.42 Å². The third kappa shape index (κ3) is 25.3. The van der Waals surface area contributed by atoms with Crippen LogP contribution in [0.1, 0.15) is 91.2 Å². The van der Waals surface area contributed by atoms with Crippen molar-refractivity contribution in [1.82, 2.24) is 0 Å². The number of halogens is 2. The Morgan fingerprint density at radius 1 is 0.878 bits per heavy atom. The van der Waals surface area contributed by atoms with E-state index in [2.05, 4.69) is 110 Å². The van der Waals surface area contributed by atoms with Gasteiger partial charge in [-0.2, -0.15) is 8.78 Å². The van der Waals surface area contributed by atoms with E-state index in [0.29, 0.717) is 5.70 Å². The molecule has 0 aliphatic heterocycles. The van der Waals surface area contributed by atoms with Gasteiger partial charge in [0, 0.05) is 6.42 Å². The van der Waals surface area contributed by atoms with Gasteiger partial charge in [0.2, 0.25) is 0 Å². The first-order chi connectivity index (χ1) is 19.2. The molecule has 0 saturated heterocycles. The molecule has 0 aliphatic carbocycles. The van der Waals surface area contributed by atoms with E-state index in [1.54, 1.807) is 6.92 Å². The molecule has 0 aromatic heterocycles. The van der Waals surface area contributed by atoms with Crippen LogP contribution >= 0.6 is 0 Å². The fourth-order valence-corrected chi connectivity index (χ4v) is 3.90. The second-order valence-corrected chi connectivity index (χ2v) is 10.5. The summed E-state index contributed by atoms with van der Waals surface area (Å²) in [6.07, 6.45) is 6.09. The van der Waals surface area contributed by atoms with Crippen molar-refractivity contribution in [1.29, 1.82) is 0 Å². The molecule has 0 radical (unpaired) electrons. The molecule has 0 heterocycles. The summed E-state index contributed by atoms with van der Waals surface area (Å²) in [7, 11) is 0. The lowest BCUT2D eigenvalue weighted by Gasteiger charge is -2.13. The van der Waals surface area contributed by atoms with Crippen molar-refractivity contribution in [3.8, 4) is 5.75 Å². The summed E-state index contributed by atoms with van der Waals surface area (Å²) in [5, 5.41) is 0. The predicted octanol–water partition coefficient (Wildman–Crippen LogP) is 11.9. The highest BCUT2D eigenvalue weighted by molar-refractivity contribution is 5.31. The van der Waals surface area contributed by atoms with E-state index in [1.165, 1.54) is 47.1 Å². The maximum absolute atomic E-state index is 10.1. The average molecular weight is 568 g/mol. The standard InChI is InChI=1S/C20H28O.C12H18.C3H7N.C2H2F2/c1-7-17(5)20(15(2)3)10-8-9-18(6)21-19-13-11-16(4)12-14-19;1-3-7-11(2)10-12-8-5-4-6-9-12;1-3(2)4;1-2(3)4/h11-14H,2,6-10H2,1,3-5H3;4-6,8-9,11H,3,7,10H2,1-2H3;1,4H2,2H3;1H2/b20-17+;;;. The zero-order valence-electron chi connectivity index (χ0n) is 26.8. The van der Waals surface area contributed by atoms with Crippen molar-refractivity contribution in [2.45, 2.75) is 93.4 Å². The number of rotatable bonds is 12.